The minimum atomic E-state index is -0.474. The van der Waals surface area contributed by atoms with E-state index in [2.05, 4.69) is 0 Å². The van der Waals surface area contributed by atoms with E-state index < -0.39 is 5.82 Å². The number of halogens is 3. The maximum Gasteiger partial charge on any atom is 0.255 e. The molecule has 0 bridgehead atoms. The Balaban J connectivity index is 1.71. The zero-order valence-electron chi connectivity index (χ0n) is 12.7. The van der Waals surface area contributed by atoms with Gasteiger partial charge in [0, 0.05) is 26.2 Å². The highest BCUT2D eigenvalue weighted by atomic mass is 35.5. The first-order chi connectivity index (χ1) is 11.5. The second-order valence-corrected chi connectivity index (χ2v) is 6.33. The minimum Gasteiger partial charge on any atom is -0.504 e. The van der Waals surface area contributed by atoms with Crippen molar-refractivity contribution in [2.24, 2.45) is 0 Å². The number of carbonyl (C=O) groups is 1. The molecule has 1 fully saturated rings. The number of amides is 1. The number of rotatable bonds is 2. The summed E-state index contributed by atoms with van der Waals surface area (Å²) >= 11 is 11.9. The van der Waals surface area contributed by atoms with Gasteiger partial charge in [-0.3, -0.25) is 4.79 Å². The lowest BCUT2D eigenvalue weighted by atomic mass is 10.1. The Hall–Kier alpha value is -1.98. The SMILES string of the molecule is O=C(c1ccc(F)cc1Cl)N1CCN(c2cccc(Cl)c2O)CC1. The average molecular weight is 369 g/mol. The third-order valence-electron chi connectivity index (χ3n) is 4.03. The molecule has 3 rings (SSSR count). The number of hydrogen-bond donors (Lipinski definition) is 1. The summed E-state index contributed by atoms with van der Waals surface area (Å²) in [6, 6.07) is 8.93. The van der Waals surface area contributed by atoms with Crippen LogP contribution in [0, 0.1) is 5.82 Å². The molecule has 1 saturated heterocycles. The number of hydrogen-bond acceptors (Lipinski definition) is 3. The zero-order chi connectivity index (χ0) is 17.3. The lowest BCUT2D eigenvalue weighted by Gasteiger charge is -2.36. The van der Waals surface area contributed by atoms with E-state index >= 15 is 0 Å². The highest BCUT2D eigenvalue weighted by Crippen LogP contribution is 2.34. The van der Waals surface area contributed by atoms with E-state index in [0.29, 0.717) is 36.9 Å². The second kappa shape index (κ2) is 6.87. The van der Waals surface area contributed by atoms with Gasteiger partial charge in [-0.25, -0.2) is 4.39 Å². The van der Waals surface area contributed by atoms with Crippen LogP contribution in [-0.2, 0) is 0 Å². The molecule has 126 valence electrons. The van der Waals surface area contributed by atoms with Crippen LogP contribution in [0.5, 0.6) is 5.75 Å². The Morgan fingerprint density at radius 1 is 1.04 bits per heavy atom. The molecule has 0 unspecified atom stereocenters. The van der Waals surface area contributed by atoms with Crippen molar-refractivity contribution in [1.82, 2.24) is 4.90 Å². The predicted octanol–water partition coefficient (Wildman–Crippen LogP) is 3.80. The summed E-state index contributed by atoms with van der Waals surface area (Å²) < 4.78 is 13.1. The summed E-state index contributed by atoms with van der Waals surface area (Å²) in [5.74, 6) is -0.659. The third-order valence-corrected chi connectivity index (χ3v) is 4.65. The third kappa shape index (κ3) is 3.28. The van der Waals surface area contributed by atoms with Gasteiger partial charge < -0.3 is 14.9 Å². The lowest BCUT2D eigenvalue weighted by molar-refractivity contribution is 0.0747. The number of nitrogens with zero attached hydrogens (tertiary/aromatic N) is 2. The van der Waals surface area contributed by atoms with Crippen molar-refractivity contribution >= 4 is 34.8 Å². The van der Waals surface area contributed by atoms with Gasteiger partial charge in [0.05, 0.1) is 21.3 Å². The lowest BCUT2D eigenvalue weighted by Crippen LogP contribution is -2.48. The van der Waals surface area contributed by atoms with Crippen molar-refractivity contribution < 1.29 is 14.3 Å². The summed E-state index contributed by atoms with van der Waals surface area (Å²) in [4.78, 5) is 16.2. The molecule has 0 atom stereocenters. The van der Waals surface area contributed by atoms with Gasteiger partial charge in [-0.15, -0.1) is 0 Å². The van der Waals surface area contributed by atoms with Crippen LogP contribution in [0.1, 0.15) is 10.4 Å². The molecule has 1 amide bonds. The molecule has 0 saturated carbocycles. The maximum atomic E-state index is 13.1. The average Bonchev–Trinajstić information content (AvgIpc) is 2.57. The summed E-state index contributed by atoms with van der Waals surface area (Å²) in [5, 5.41) is 10.5. The van der Waals surface area contributed by atoms with Crippen molar-refractivity contribution in [3.63, 3.8) is 0 Å². The van der Waals surface area contributed by atoms with Crippen LogP contribution < -0.4 is 4.90 Å². The fourth-order valence-electron chi connectivity index (χ4n) is 2.74. The Morgan fingerprint density at radius 2 is 1.75 bits per heavy atom. The van der Waals surface area contributed by atoms with E-state index in [-0.39, 0.29) is 22.2 Å². The molecular formula is C17H15Cl2FN2O2. The van der Waals surface area contributed by atoms with Crippen LogP contribution in [0.2, 0.25) is 10.0 Å². The van der Waals surface area contributed by atoms with E-state index in [1.54, 1.807) is 23.1 Å². The molecule has 1 aliphatic heterocycles. The molecule has 0 aromatic heterocycles. The number of benzene rings is 2. The van der Waals surface area contributed by atoms with Gasteiger partial charge in [-0.1, -0.05) is 29.3 Å². The molecule has 7 heteroatoms. The number of carbonyl (C=O) groups excluding carboxylic acids is 1. The van der Waals surface area contributed by atoms with Crippen molar-refractivity contribution in [3.05, 3.63) is 57.8 Å². The van der Waals surface area contributed by atoms with Gasteiger partial charge in [0.1, 0.15) is 5.82 Å². The molecular weight excluding hydrogens is 354 g/mol. The number of aromatic hydroxyl groups is 1. The first-order valence-corrected chi connectivity index (χ1v) is 8.19. The second-order valence-electron chi connectivity index (χ2n) is 5.51. The number of phenols is 1. The summed E-state index contributed by atoms with van der Waals surface area (Å²) in [5.41, 5.74) is 0.937. The molecule has 0 spiro atoms. The monoisotopic (exact) mass is 368 g/mol. The Kier molecular flexibility index (Phi) is 4.83. The Labute approximate surface area is 149 Å². The van der Waals surface area contributed by atoms with Crippen LogP contribution in [0.25, 0.3) is 0 Å². The quantitative estimate of drug-likeness (QED) is 0.876. The van der Waals surface area contributed by atoms with Crippen molar-refractivity contribution in [2.75, 3.05) is 31.1 Å². The van der Waals surface area contributed by atoms with E-state index in [1.165, 1.54) is 12.1 Å². The predicted molar refractivity (Wildman–Crippen MR) is 92.6 cm³/mol. The molecule has 0 aliphatic carbocycles. The Bertz CT molecular complexity index is 777. The Morgan fingerprint density at radius 3 is 2.42 bits per heavy atom. The number of piperazine rings is 1. The largest absolute Gasteiger partial charge is 0.504 e. The molecule has 1 heterocycles. The van der Waals surface area contributed by atoms with Gasteiger partial charge in [0.15, 0.2) is 5.75 Å². The van der Waals surface area contributed by atoms with Gasteiger partial charge in [0.2, 0.25) is 0 Å². The smallest absolute Gasteiger partial charge is 0.255 e. The highest BCUT2D eigenvalue weighted by Gasteiger charge is 2.25. The van der Waals surface area contributed by atoms with Crippen LogP contribution in [0.3, 0.4) is 0 Å². The van der Waals surface area contributed by atoms with Crippen LogP contribution in [0.4, 0.5) is 10.1 Å². The fraction of sp³-hybridized carbons (Fsp3) is 0.235. The normalized spacial score (nSPS) is 14.8. The van der Waals surface area contributed by atoms with E-state index in [0.717, 1.165) is 6.07 Å². The topological polar surface area (TPSA) is 43.8 Å². The van der Waals surface area contributed by atoms with Gasteiger partial charge >= 0.3 is 0 Å². The molecule has 4 nitrogen and oxygen atoms in total. The van der Waals surface area contributed by atoms with Gasteiger partial charge in [-0.2, -0.15) is 0 Å². The van der Waals surface area contributed by atoms with Crippen molar-refractivity contribution in [3.8, 4) is 5.75 Å². The minimum absolute atomic E-state index is 0.0422. The van der Waals surface area contributed by atoms with Gasteiger partial charge in [-0.05, 0) is 30.3 Å². The molecule has 24 heavy (non-hydrogen) atoms. The molecule has 1 N–H and O–H groups in total. The summed E-state index contributed by atoms with van der Waals surface area (Å²) in [7, 11) is 0. The van der Waals surface area contributed by atoms with E-state index in [4.69, 9.17) is 23.2 Å². The molecule has 0 radical (unpaired) electrons. The molecule has 2 aromatic rings. The maximum absolute atomic E-state index is 13.1. The van der Waals surface area contributed by atoms with Crippen molar-refractivity contribution in [2.45, 2.75) is 0 Å². The number of anilines is 1. The van der Waals surface area contributed by atoms with Crippen LogP contribution >= 0.6 is 23.2 Å². The zero-order valence-corrected chi connectivity index (χ0v) is 14.2. The summed E-state index contributed by atoms with van der Waals surface area (Å²) in [6.07, 6.45) is 0. The number of para-hydroxylation sites is 1. The fourth-order valence-corrected chi connectivity index (χ4v) is 3.16. The highest BCUT2D eigenvalue weighted by molar-refractivity contribution is 6.33. The van der Waals surface area contributed by atoms with Crippen LogP contribution in [0.15, 0.2) is 36.4 Å². The standard InChI is InChI=1S/C17H15Cl2FN2O2/c18-13-2-1-3-15(16(13)23)21-6-8-22(9-7-21)17(24)12-5-4-11(20)10-14(12)19/h1-5,10,23H,6-9H2. The molecule has 1 aliphatic rings. The number of phenolic OH excluding ortho intramolecular Hbond substituents is 1. The van der Waals surface area contributed by atoms with E-state index in [9.17, 15) is 14.3 Å². The first kappa shape index (κ1) is 16.9. The first-order valence-electron chi connectivity index (χ1n) is 7.44. The van der Waals surface area contributed by atoms with E-state index in [1.807, 2.05) is 4.90 Å². The summed E-state index contributed by atoms with van der Waals surface area (Å²) in [6.45, 7) is 2.05. The molecule has 2 aromatic carbocycles. The van der Waals surface area contributed by atoms with Crippen molar-refractivity contribution in [1.29, 1.82) is 0 Å². The van der Waals surface area contributed by atoms with Gasteiger partial charge in [0.25, 0.3) is 5.91 Å². The van der Waals surface area contributed by atoms with Crippen LogP contribution in [-0.4, -0.2) is 42.1 Å².